The molecule has 0 saturated heterocycles. The van der Waals surface area contributed by atoms with E-state index in [9.17, 15) is 10.2 Å². The molecular weight excluding hydrogens is 226 g/mol. The van der Waals surface area contributed by atoms with Gasteiger partial charge in [0.1, 0.15) is 5.75 Å². The largest absolute Gasteiger partial charge is 0.508 e. The molecule has 0 unspecified atom stereocenters. The summed E-state index contributed by atoms with van der Waals surface area (Å²) in [5.41, 5.74) is 2.66. The second-order valence-corrected chi connectivity index (χ2v) is 5.60. The molecule has 0 bridgehead atoms. The molecule has 1 fully saturated rings. The number of rotatable bonds is 4. The van der Waals surface area contributed by atoms with Gasteiger partial charge < -0.3 is 15.5 Å². The zero-order valence-corrected chi connectivity index (χ0v) is 11.3. The van der Waals surface area contributed by atoms with Crippen molar-refractivity contribution in [2.24, 2.45) is 0 Å². The second-order valence-electron chi connectivity index (χ2n) is 5.60. The summed E-state index contributed by atoms with van der Waals surface area (Å²) >= 11 is 0. The van der Waals surface area contributed by atoms with Crippen LogP contribution in [0.15, 0.2) is 12.1 Å². The van der Waals surface area contributed by atoms with E-state index in [4.69, 9.17) is 0 Å². The number of hydrogen-bond donors (Lipinski definition) is 3. The predicted octanol–water partition coefficient (Wildman–Crippen LogP) is 2.40. The Bertz CT molecular complexity index is 423. The summed E-state index contributed by atoms with van der Waals surface area (Å²) in [4.78, 5) is 0. The molecule has 0 amide bonds. The smallest absolute Gasteiger partial charge is 0.120 e. The summed E-state index contributed by atoms with van der Waals surface area (Å²) in [6.45, 7) is 5.25. The van der Waals surface area contributed by atoms with Crippen LogP contribution < -0.4 is 5.32 Å². The Kier molecular flexibility index (Phi) is 3.93. The van der Waals surface area contributed by atoms with Crippen LogP contribution in [0.3, 0.4) is 0 Å². The van der Waals surface area contributed by atoms with Crippen LogP contribution in [-0.4, -0.2) is 22.4 Å². The quantitative estimate of drug-likeness (QED) is 0.768. The summed E-state index contributed by atoms with van der Waals surface area (Å²) in [7, 11) is 0. The van der Waals surface area contributed by atoms with Crippen LogP contribution in [0.1, 0.15) is 42.4 Å². The van der Waals surface area contributed by atoms with Gasteiger partial charge in [0, 0.05) is 18.7 Å². The van der Waals surface area contributed by atoms with E-state index in [-0.39, 0.29) is 0 Å². The van der Waals surface area contributed by atoms with Crippen molar-refractivity contribution in [2.75, 3.05) is 6.54 Å². The molecule has 0 spiro atoms. The third kappa shape index (κ3) is 3.03. The van der Waals surface area contributed by atoms with E-state index in [2.05, 4.69) is 5.32 Å². The standard InChI is InChI=1S/C15H23NO2/c1-11-7-13(14(17)8-12(11)2)9-16-10-15(18)5-3-4-6-15/h7-8,16-18H,3-6,9-10H2,1-2H3. The highest BCUT2D eigenvalue weighted by Gasteiger charge is 2.30. The summed E-state index contributed by atoms with van der Waals surface area (Å²) in [5.74, 6) is 0.337. The van der Waals surface area contributed by atoms with Crippen molar-refractivity contribution in [3.63, 3.8) is 0 Å². The van der Waals surface area contributed by atoms with Crippen LogP contribution in [0.4, 0.5) is 0 Å². The molecule has 2 rings (SSSR count). The fraction of sp³-hybridized carbons (Fsp3) is 0.600. The number of aromatic hydroxyl groups is 1. The van der Waals surface area contributed by atoms with E-state index in [0.29, 0.717) is 18.8 Å². The lowest BCUT2D eigenvalue weighted by molar-refractivity contribution is 0.0474. The minimum atomic E-state index is -0.532. The fourth-order valence-corrected chi connectivity index (χ4v) is 2.64. The number of phenols is 1. The molecule has 0 atom stereocenters. The maximum atomic E-state index is 10.2. The van der Waals surface area contributed by atoms with Gasteiger partial charge >= 0.3 is 0 Å². The van der Waals surface area contributed by atoms with E-state index in [1.54, 1.807) is 6.07 Å². The topological polar surface area (TPSA) is 52.5 Å². The number of benzene rings is 1. The summed E-state index contributed by atoms with van der Waals surface area (Å²) in [6, 6.07) is 3.81. The maximum absolute atomic E-state index is 10.2. The molecule has 1 aliphatic rings. The van der Waals surface area contributed by atoms with Crippen molar-refractivity contribution in [1.82, 2.24) is 5.32 Å². The third-order valence-corrected chi connectivity index (χ3v) is 4.00. The SMILES string of the molecule is Cc1cc(O)c(CNCC2(O)CCCC2)cc1C. The fourth-order valence-electron chi connectivity index (χ4n) is 2.64. The van der Waals surface area contributed by atoms with E-state index >= 15 is 0 Å². The molecule has 0 aliphatic heterocycles. The normalized spacial score (nSPS) is 18.2. The molecule has 3 heteroatoms. The Hall–Kier alpha value is -1.06. The Morgan fingerprint density at radius 3 is 2.44 bits per heavy atom. The molecule has 3 N–H and O–H groups in total. The molecule has 0 aromatic heterocycles. The highest BCUT2D eigenvalue weighted by Crippen LogP contribution is 2.29. The number of phenolic OH excluding ortho intramolecular Hbond substituents is 1. The van der Waals surface area contributed by atoms with E-state index in [0.717, 1.165) is 36.8 Å². The number of aryl methyl sites for hydroxylation is 2. The van der Waals surface area contributed by atoms with Crippen molar-refractivity contribution in [1.29, 1.82) is 0 Å². The predicted molar refractivity (Wildman–Crippen MR) is 72.7 cm³/mol. The minimum Gasteiger partial charge on any atom is -0.508 e. The molecule has 18 heavy (non-hydrogen) atoms. The van der Waals surface area contributed by atoms with Crippen molar-refractivity contribution in [2.45, 2.75) is 51.7 Å². The van der Waals surface area contributed by atoms with Crippen LogP contribution in [0.25, 0.3) is 0 Å². The lowest BCUT2D eigenvalue weighted by Crippen LogP contribution is -2.37. The summed E-state index contributed by atoms with van der Waals surface area (Å²) in [5, 5.41) is 23.3. The van der Waals surface area contributed by atoms with Crippen LogP contribution in [0.2, 0.25) is 0 Å². The van der Waals surface area contributed by atoms with E-state index < -0.39 is 5.60 Å². The van der Waals surface area contributed by atoms with Crippen LogP contribution >= 0.6 is 0 Å². The Labute approximate surface area is 109 Å². The van der Waals surface area contributed by atoms with Crippen molar-refractivity contribution in [3.05, 3.63) is 28.8 Å². The lowest BCUT2D eigenvalue weighted by Gasteiger charge is -2.22. The van der Waals surface area contributed by atoms with Gasteiger partial charge in [-0.2, -0.15) is 0 Å². The van der Waals surface area contributed by atoms with Crippen LogP contribution in [0.5, 0.6) is 5.75 Å². The highest BCUT2D eigenvalue weighted by molar-refractivity contribution is 5.40. The van der Waals surface area contributed by atoms with E-state index in [1.807, 2.05) is 19.9 Å². The molecule has 100 valence electrons. The molecular formula is C15H23NO2. The second kappa shape index (κ2) is 5.29. The van der Waals surface area contributed by atoms with Crippen molar-refractivity contribution < 1.29 is 10.2 Å². The zero-order chi connectivity index (χ0) is 13.2. The lowest BCUT2D eigenvalue weighted by atomic mass is 10.0. The van der Waals surface area contributed by atoms with Gasteiger partial charge in [-0.1, -0.05) is 18.9 Å². The van der Waals surface area contributed by atoms with Gasteiger partial charge in [0.25, 0.3) is 0 Å². The van der Waals surface area contributed by atoms with Gasteiger partial charge in [-0.25, -0.2) is 0 Å². The number of hydrogen-bond acceptors (Lipinski definition) is 3. The maximum Gasteiger partial charge on any atom is 0.120 e. The average molecular weight is 249 g/mol. The molecule has 0 radical (unpaired) electrons. The Morgan fingerprint density at radius 1 is 1.17 bits per heavy atom. The van der Waals surface area contributed by atoms with Gasteiger partial charge in [0.2, 0.25) is 0 Å². The van der Waals surface area contributed by atoms with Crippen molar-refractivity contribution >= 4 is 0 Å². The van der Waals surface area contributed by atoms with Gasteiger partial charge in [-0.3, -0.25) is 0 Å². The van der Waals surface area contributed by atoms with Gasteiger partial charge in [-0.15, -0.1) is 0 Å². The summed E-state index contributed by atoms with van der Waals surface area (Å²) in [6.07, 6.45) is 4.01. The molecule has 0 heterocycles. The monoisotopic (exact) mass is 249 g/mol. The Morgan fingerprint density at radius 2 is 1.78 bits per heavy atom. The molecule has 1 aliphatic carbocycles. The van der Waals surface area contributed by atoms with E-state index in [1.165, 1.54) is 5.56 Å². The molecule has 1 aromatic carbocycles. The van der Waals surface area contributed by atoms with Crippen LogP contribution in [0, 0.1) is 13.8 Å². The molecule has 1 aromatic rings. The first-order valence-corrected chi connectivity index (χ1v) is 6.72. The van der Waals surface area contributed by atoms with Crippen LogP contribution in [-0.2, 0) is 6.54 Å². The Balaban J connectivity index is 1.92. The first kappa shape index (κ1) is 13.4. The zero-order valence-electron chi connectivity index (χ0n) is 11.3. The van der Waals surface area contributed by atoms with Gasteiger partial charge in [-0.05, 0) is 43.9 Å². The first-order valence-electron chi connectivity index (χ1n) is 6.72. The summed E-state index contributed by atoms with van der Waals surface area (Å²) < 4.78 is 0. The van der Waals surface area contributed by atoms with Crippen molar-refractivity contribution in [3.8, 4) is 5.75 Å². The van der Waals surface area contributed by atoms with Gasteiger partial charge in [0.05, 0.1) is 5.60 Å². The molecule has 3 nitrogen and oxygen atoms in total. The molecule has 1 saturated carbocycles. The number of aliphatic hydroxyl groups is 1. The highest BCUT2D eigenvalue weighted by atomic mass is 16.3. The average Bonchev–Trinajstić information content (AvgIpc) is 2.73. The number of nitrogens with one attached hydrogen (secondary N) is 1. The minimum absolute atomic E-state index is 0.337. The van der Waals surface area contributed by atoms with Gasteiger partial charge in [0.15, 0.2) is 0 Å². The first-order chi connectivity index (χ1) is 8.50. The third-order valence-electron chi connectivity index (χ3n) is 4.00.